The average molecular weight is 281 g/mol. The Kier molecular flexibility index (Phi) is 3.71. The van der Waals surface area contributed by atoms with E-state index in [0.717, 1.165) is 39.0 Å². The largest absolute Gasteiger partial charge is 0.381 e. The van der Waals surface area contributed by atoms with Gasteiger partial charge in [0.25, 0.3) is 5.91 Å². The normalized spacial score (nSPS) is 22.5. The van der Waals surface area contributed by atoms with E-state index in [2.05, 4.69) is 4.98 Å². The van der Waals surface area contributed by atoms with Crippen molar-refractivity contribution in [3.8, 4) is 0 Å². The molecule has 102 valence electrons. The molecular formula is C14H17ClN2O2. The zero-order valence-electron chi connectivity index (χ0n) is 10.7. The molecule has 0 radical (unpaired) electrons. The van der Waals surface area contributed by atoms with Crippen LogP contribution in [-0.2, 0) is 4.74 Å². The first-order valence-electron chi connectivity index (χ1n) is 6.74. The minimum atomic E-state index is 0.0294. The van der Waals surface area contributed by atoms with Crippen molar-refractivity contribution >= 4 is 17.5 Å². The molecule has 1 aliphatic carbocycles. The third-order valence-corrected chi connectivity index (χ3v) is 4.03. The van der Waals surface area contributed by atoms with Crippen LogP contribution in [0.3, 0.4) is 0 Å². The molecule has 0 aromatic carbocycles. The van der Waals surface area contributed by atoms with Crippen LogP contribution in [0.2, 0.25) is 5.02 Å². The molecule has 1 aromatic heterocycles. The van der Waals surface area contributed by atoms with E-state index in [4.69, 9.17) is 16.3 Å². The topological polar surface area (TPSA) is 42.4 Å². The van der Waals surface area contributed by atoms with Gasteiger partial charge in [-0.15, -0.1) is 0 Å². The van der Waals surface area contributed by atoms with Crippen molar-refractivity contribution in [1.82, 2.24) is 9.88 Å². The molecule has 1 aromatic rings. The molecule has 1 saturated carbocycles. The summed E-state index contributed by atoms with van der Waals surface area (Å²) in [6.45, 7) is 2.36. The van der Waals surface area contributed by atoms with Gasteiger partial charge in [0.15, 0.2) is 0 Å². The first kappa shape index (κ1) is 12.9. The van der Waals surface area contributed by atoms with Gasteiger partial charge in [-0.05, 0) is 25.3 Å². The van der Waals surface area contributed by atoms with Crippen molar-refractivity contribution in [3.05, 3.63) is 29.0 Å². The lowest BCUT2D eigenvalue weighted by Gasteiger charge is -2.25. The standard InChI is InChI=1S/C14H17ClN2O2/c15-13-7-16-5-3-12(13)14(18)17(11-1-2-11)8-10-4-6-19-9-10/h3,5,7,10-11H,1-2,4,6,8-9H2. The quantitative estimate of drug-likeness (QED) is 0.850. The number of carbonyl (C=O) groups excluding carboxylic acids is 1. The zero-order chi connectivity index (χ0) is 13.2. The first-order chi connectivity index (χ1) is 9.25. The van der Waals surface area contributed by atoms with Crippen molar-refractivity contribution < 1.29 is 9.53 Å². The zero-order valence-corrected chi connectivity index (χ0v) is 11.5. The second-order valence-corrected chi connectivity index (χ2v) is 5.68. The van der Waals surface area contributed by atoms with E-state index in [1.807, 2.05) is 4.90 Å². The first-order valence-corrected chi connectivity index (χ1v) is 7.11. The molecule has 5 heteroatoms. The predicted molar refractivity (Wildman–Crippen MR) is 72.2 cm³/mol. The Bertz CT molecular complexity index is 470. The van der Waals surface area contributed by atoms with E-state index in [-0.39, 0.29) is 5.91 Å². The number of pyridine rings is 1. The molecule has 1 unspecified atom stereocenters. The summed E-state index contributed by atoms with van der Waals surface area (Å²) in [5, 5.41) is 0.431. The highest BCUT2D eigenvalue weighted by atomic mass is 35.5. The summed E-state index contributed by atoms with van der Waals surface area (Å²) in [5.41, 5.74) is 0.558. The number of hydrogen-bond donors (Lipinski definition) is 0. The van der Waals surface area contributed by atoms with Crippen LogP contribution < -0.4 is 0 Å². The molecular weight excluding hydrogens is 264 g/mol. The molecule has 0 N–H and O–H groups in total. The van der Waals surface area contributed by atoms with Crippen LogP contribution in [0.4, 0.5) is 0 Å². The van der Waals surface area contributed by atoms with Gasteiger partial charge < -0.3 is 9.64 Å². The fourth-order valence-corrected chi connectivity index (χ4v) is 2.69. The van der Waals surface area contributed by atoms with Gasteiger partial charge >= 0.3 is 0 Å². The second kappa shape index (κ2) is 5.47. The number of carbonyl (C=O) groups is 1. The maximum absolute atomic E-state index is 12.6. The smallest absolute Gasteiger partial charge is 0.255 e. The molecule has 0 bridgehead atoms. The third-order valence-electron chi connectivity index (χ3n) is 3.73. The van der Waals surface area contributed by atoms with E-state index in [9.17, 15) is 4.79 Å². The predicted octanol–water partition coefficient (Wildman–Crippen LogP) is 2.38. The number of rotatable bonds is 4. The molecule has 1 saturated heterocycles. The summed E-state index contributed by atoms with van der Waals surface area (Å²) in [4.78, 5) is 18.5. The van der Waals surface area contributed by atoms with E-state index < -0.39 is 0 Å². The minimum Gasteiger partial charge on any atom is -0.381 e. The Hall–Kier alpha value is -1.13. The van der Waals surface area contributed by atoms with Gasteiger partial charge in [-0.2, -0.15) is 0 Å². The van der Waals surface area contributed by atoms with Gasteiger partial charge in [0.1, 0.15) is 0 Å². The van der Waals surface area contributed by atoms with Gasteiger partial charge in [-0.25, -0.2) is 0 Å². The Morgan fingerprint density at radius 3 is 2.95 bits per heavy atom. The Morgan fingerprint density at radius 1 is 1.47 bits per heavy atom. The average Bonchev–Trinajstić information content (AvgIpc) is 3.13. The Morgan fingerprint density at radius 2 is 2.32 bits per heavy atom. The van der Waals surface area contributed by atoms with Crippen molar-refractivity contribution in [2.45, 2.75) is 25.3 Å². The number of aromatic nitrogens is 1. The summed E-state index contributed by atoms with van der Waals surface area (Å²) in [6, 6.07) is 2.09. The Balaban J connectivity index is 1.76. The highest BCUT2D eigenvalue weighted by Crippen LogP contribution is 2.31. The fourth-order valence-electron chi connectivity index (χ4n) is 2.49. The summed E-state index contributed by atoms with van der Waals surface area (Å²) >= 11 is 6.07. The van der Waals surface area contributed by atoms with E-state index in [1.165, 1.54) is 6.20 Å². The molecule has 1 amide bonds. The van der Waals surface area contributed by atoms with Crippen LogP contribution in [0, 0.1) is 5.92 Å². The molecule has 1 atom stereocenters. The molecule has 19 heavy (non-hydrogen) atoms. The monoisotopic (exact) mass is 280 g/mol. The van der Waals surface area contributed by atoms with Crippen molar-refractivity contribution in [2.24, 2.45) is 5.92 Å². The lowest BCUT2D eigenvalue weighted by molar-refractivity contribution is 0.0706. The van der Waals surface area contributed by atoms with E-state index in [0.29, 0.717) is 22.5 Å². The molecule has 1 aliphatic heterocycles. The number of nitrogens with zero attached hydrogens (tertiary/aromatic N) is 2. The van der Waals surface area contributed by atoms with Gasteiger partial charge in [-0.3, -0.25) is 9.78 Å². The molecule has 2 aliphatic rings. The van der Waals surface area contributed by atoms with Crippen LogP contribution >= 0.6 is 11.6 Å². The van der Waals surface area contributed by atoms with Gasteiger partial charge in [0.05, 0.1) is 17.2 Å². The fraction of sp³-hybridized carbons (Fsp3) is 0.571. The van der Waals surface area contributed by atoms with Crippen LogP contribution in [-0.4, -0.2) is 41.6 Å². The summed E-state index contributed by atoms with van der Waals surface area (Å²) in [7, 11) is 0. The van der Waals surface area contributed by atoms with Crippen LogP contribution in [0.25, 0.3) is 0 Å². The van der Waals surface area contributed by atoms with Gasteiger partial charge in [-0.1, -0.05) is 11.6 Å². The van der Waals surface area contributed by atoms with E-state index >= 15 is 0 Å². The highest BCUT2D eigenvalue weighted by molar-refractivity contribution is 6.33. The lowest BCUT2D eigenvalue weighted by Crippen LogP contribution is -2.37. The number of amides is 1. The summed E-state index contributed by atoms with van der Waals surface area (Å²) in [5.74, 6) is 0.493. The lowest BCUT2D eigenvalue weighted by atomic mass is 10.1. The minimum absolute atomic E-state index is 0.0294. The van der Waals surface area contributed by atoms with Crippen molar-refractivity contribution in [3.63, 3.8) is 0 Å². The maximum atomic E-state index is 12.6. The SMILES string of the molecule is O=C(c1ccncc1Cl)N(CC1CCOC1)C1CC1. The molecule has 4 nitrogen and oxygen atoms in total. The van der Waals surface area contributed by atoms with Crippen molar-refractivity contribution in [2.75, 3.05) is 19.8 Å². The van der Waals surface area contributed by atoms with Crippen LogP contribution in [0.5, 0.6) is 0 Å². The second-order valence-electron chi connectivity index (χ2n) is 5.27. The highest BCUT2D eigenvalue weighted by Gasteiger charge is 2.35. The number of hydrogen-bond acceptors (Lipinski definition) is 3. The van der Waals surface area contributed by atoms with Crippen molar-refractivity contribution in [1.29, 1.82) is 0 Å². The van der Waals surface area contributed by atoms with Crippen LogP contribution in [0.1, 0.15) is 29.6 Å². The third kappa shape index (κ3) is 2.90. The number of ether oxygens (including phenoxy) is 1. The van der Waals surface area contributed by atoms with Crippen LogP contribution in [0.15, 0.2) is 18.5 Å². The number of halogens is 1. The molecule has 3 rings (SSSR count). The van der Waals surface area contributed by atoms with Gasteiger partial charge in [0.2, 0.25) is 0 Å². The maximum Gasteiger partial charge on any atom is 0.255 e. The Labute approximate surface area is 117 Å². The molecule has 2 heterocycles. The van der Waals surface area contributed by atoms with E-state index in [1.54, 1.807) is 12.3 Å². The molecule has 0 spiro atoms. The summed E-state index contributed by atoms with van der Waals surface area (Å²) < 4.78 is 5.39. The molecule has 2 fully saturated rings. The summed E-state index contributed by atoms with van der Waals surface area (Å²) in [6.07, 6.45) is 6.38. The van der Waals surface area contributed by atoms with Gasteiger partial charge in [0, 0.05) is 37.5 Å².